The van der Waals surface area contributed by atoms with Crippen molar-refractivity contribution in [1.29, 1.82) is 0 Å². The maximum absolute atomic E-state index is 12.4. The number of hydrogen-bond donors (Lipinski definition) is 2. The second kappa shape index (κ2) is 11.7. The number of rotatable bonds is 9. The van der Waals surface area contributed by atoms with E-state index in [1.807, 2.05) is 12.1 Å². The summed E-state index contributed by atoms with van der Waals surface area (Å²) in [4.78, 5) is 36.4. The van der Waals surface area contributed by atoms with Gasteiger partial charge in [0.2, 0.25) is 5.91 Å². The number of amides is 2. The van der Waals surface area contributed by atoms with Crippen molar-refractivity contribution in [3.8, 4) is 5.75 Å². The minimum Gasteiger partial charge on any atom is -0.497 e. The summed E-state index contributed by atoms with van der Waals surface area (Å²) in [7, 11) is 1.58. The Labute approximate surface area is 196 Å². The normalized spacial score (nSPS) is 10.2. The first kappa shape index (κ1) is 23.9. The van der Waals surface area contributed by atoms with Crippen molar-refractivity contribution in [3.63, 3.8) is 0 Å². The Morgan fingerprint density at radius 1 is 0.818 bits per heavy atom. The second-order valence-electron chi connectivity index (χ2n) is 7.03. The lowest BCUT2D eigenvalue weighted by Crippen LogP contribution is -2.12. The summed E-state index contributed by atoms with van der Waals surface area (Å²) in [6.07, 6.45) is 0. The highest BCUT2D eigenvalue weighted by molar-refractivity contribution is 8.00. The molecule has 0 aliphatic carbocycles. The molecular formula is C25H24N2O5S. The first-order valence-electron chi connectivity index (χ1n) is 10.1. The number of nitrogens with one attached hydrogen (secondary N) is 2. The molecule has 0 radical (unpaired) electrons. The zero-order valence-electron chi connectivity index (χ0n) is 18.3. The maximum Gasteiger partial charge on any atom is 0.316 e. The molecule has 0 aliphatic rings. The third kappa shape index (κ3) is 7.69. The van der Waals surface area contributed by atoms with Crippen molar-refractivity contribution in [3.05, 3.63) is 83.9 Å². The van der Waals surface area contributed by atoms with Crippen LogP contribution in [0.3, 0.4) is 0 Å². The lowest BCUT2D eigenvalue weighted by Gasteiger charge is -2.08. The molecule has 3 aromatic carbocycles. The van der Waals surface area contributed by atoms with Crippen LogP contribution in [-0.4, -0.2) is 30.6 Å². The third-order valence-corrected chi connectivity index (χ3v) is 5.48. The van der Waals surface area contributed by atoms with Gasteiger partial charge < -0.3 is 20.1 Å². The van der Waals surface area contributed by atoms with Crippen LogP contribution in [0.5, 0.6) is 5.75 Å². The Hall–Kier alpha value is -3.78. The first-order chi connectivity index (χ1) is 15.9. The SMILES string of the molecule is COc1ccc(NC(=O)c2ccc(COC(=O)CSc3ccc(NC(C)=O)cc3)cc2)cc1. The Morgan fingerprint density at radius 2 is 1.42 bits per heavy atom. The van der Waals surface area contributed by atoms with Crippen LogP contribution >= 0.6 is 11.8 Å². The van der Waals surface area contributed by atoms with Crippen LogP contribution < -0.4 is 15.4 Å². The number of benzene rings is 3. The van der Waals surface area contributed by atoms with E-state index in [-0.39, 0.29) is 30.1 Å². The maximum atomic E-state index is 12.4. The van der Waals surface area contributed by atoms with E-state index in [0.717, 1.165) is 10.5 Å². The minimum absolute atomic E-state index is 0.126. The first-order valence-corrected chi connectivity index (χ1v) is 11.1. The molecule has 170 valence electrons. The minimum atomic E-state index is -0.340. The van der Waals surface area contributed by atoms with Gasteiger partial charge in [0.25, 0.3) is 5.91 Å². The summed E-state index contributed by atoms with van der Waals surface area (Å²) >= 11 is 1.35. The lowest BCUT2D eigenvalue weighted by atomic mass is 10.1. The van der Waals surface area contributed by atoms with E-state index in [4.69, 9.17) is 9.47 Å². The predicted octanol–water partition coefficient (Wildman–Crippen LogP) is 4.74. The molecule has 0 spiro atoms. The molecule has 3 aromatic rings. The highest BCUT2D eigenvalue weighted by atomic mass is 32.2. The van der Waals surface area contributed by atoms with E-state index in [0.29, 0.717) is 22.7 Å². The fourth-order valence-electron chi connectivity index (χ4n) is 2.82. The summed E-state index contributed by atoms with van der Waals surface area (Å²) in [6.45, 7) is 1.57. The number of methoxy groups -OCH3 is 1. The zero-order chi connectivity index (χ0) is 23.6. The fourth-order valence-corrected chi connectivity index (χ4v) is 3.51. The number of hydrogen-bond acceptors (Lipinski definition) is 6. The van der Waals surface area contributed by atoms with E-state index in [1.165, 1.54) is 18.7 Å². The Kier molecular flexibility index (Phi) is 8.49. The molecule has 0 saturated carbocycles. The van der Waals surface area contributed by atoms with Crippen LogP contribution in [0, 0.1) is 0 Å². The smallest absolute Gasteiger partial charge is 0.316 e. The van der Waals surface area contributed by atoms with Crippen LogP contribution in [0.15, 0.2) is 77.7 Å². The number of thioether (sulfide) groups is 1. The van der Waals surface area contributed by atoms with Crippen molar-refractivity contribution >= 4 is 40.9 Å². The highest BCUT2D eigenvalue weighted by Gasteiger charge is 2.08. The summed E-state index contributed by atoms with van der Waals surface area (Å²) in [6, 6.07) is 21.2. The van der Waals surface area contributed by atoms with Gasteiger partial charge in [-0.2, -0.15) is 0 Å². The van der Waals surface area contributed by atoms with Gasteiger partial charge >= 0.3 is 5.97 Å². The second-order valence-corrected chi connectivity index (χ2v) is 8.08. The van der Waals surface area contributed by atoms with Gasteiger partial charge in [-0.15, -0.1) is 11.8 Å². The molecular weight excluding hydrogens is 440 g/mol. The quantitative estimate of drug-likeness (QED) is 0.351. The van der Waals surface area contributed by atoms with Crippen LogP contribution in [0.1, 0.15) is 22.8 Å². The molecule has 2 N–H and O–H groups in total. The van der Waals surface area contributed by atoms with Gasteiger partial charge in [-0.05, 0) is 66.2 Å². The molecule has 8 heteroatoms. The molecule has 0 aliphatic heterocycles. The van der Waals surface area contributed by atoms with E-state index in [2.05, 4.69) is 10.6 Å². The largest absolute Gasteiger partial charge is 0.497 e. The van der Waals surface area contributed by atoms with E-state index < -0.39 is 0 Å². The average Bonchev–Trinajstić information content (AvgIpc) is 2.82. The highest BCUT2D eigenvalue weighted by Crippen LogP contribution is 2.21. The van der Waals surface area contributed by atoms with Gasteiger partial charge in [0, 0.05) is 28.8 Å². The molecule has 0 fully saturated rings. The number of carbonyl (C=O) groups excluding carboxylic acids is 3. The molecule has 0 saturated heterocycles. The van der Waals surface area contributed by atoms with Gasteiger partial charge in [-0.3, -0.25) is 14.4 Å². The van der Waals surface area contributed by atoms with Gasteiger partial charge in [-0.1, -0.05) is 12.1 Å². The lowest BCUT2D eigenvalue weighted by molar-refractivity contribution is -0.141. The predicted molar refractivity (Wildman–Crippen MR) is 129 cm³/mol. The standard InChI is InChI=1S/C25H24N2O5S/c1-17(28)26-20-9-13-23(14-10-20)33-16-24(29)32-15-18-3-5-19(6-4-18)25(30)27-21-7-11-22(31-2)12-8-21/h3-14H,15-16H2,1-2H3,(H,26,28)(H,27,30). The number of ether oxygens (including phenoxy) is 2. The molecule has 7 nitrogen and oxygen atoms in total. The number of esters is 1. The topological polar surface area (TPSA) is 93.7 Å². The average molecular weight is 465 g/mol. The molecule has 3 rings (SSSR count). The van der Waals surface area contributed by atoms with Crippen LogP contribution in [0.2, 0.25) is 0 Å². The van der Waals surface area contributed by atoms with Crippen molar-refractivity contribution in [2.45, 2.75) is 18.4 Å². The summed E-state index contributed by atoms with van der Waals surface area (Å²) in [5, 5.41) is 5.51. The molecule has 0 atom stereocenters. The fraction of sp³-hybridized carbons (Fsp3) is 0.160. The van der Waals surface area contributed by atoms with Gasteiger partial charge in [-0.25, -0.2) is 0 Å². The molecule has 0 unspecified atom stereocenters. The summed E-state index contributed by atoms with van der Waals surface area (Å²) < 4.78 is 10.4. The van der Waals surface area contributed by atoms with Crippen molar-refractivity contribution in [2.24, 2.45) is 0 Å². The Balaban J connectivity index is 1.43. The molecule has 33 heavy (non-hydrogen) atoms. The van der Waals surface area contributed by atoms with Crippen LogP contribution in [0.25, 0.3) is 0 Å². The zero-order valence-corrected chi connectivity index (χ0v) is 19.1. The van der Waals surface area contributed by atoms with E-state index >= 15 is 0 Å². The third-order valence-electron chi connectivity index (χ3n) is 4.50. The van der Waals surface area contributed by atoms with Crippen molar-refractivity contribution in [2.75, 3.05) is 23.5 Å². The van der Waals surface area contributed by atoms with Gasteiger partial charge in [0.15, 0.2) is 0 Å². The summed E-state index contributed by atoms with van der Waals surface area (Å²) in [5.74, 6) is 0.175. The monoisotopic (exact) mass is 464 g/mol. The Bertz CT molecular complexity index is 1100. The van der Waals surface area contributed by atoms with E-state index in [1.54, 1.807) is 67.8 Å². The van der Waals surface area contributed by atoms with Crippen molar-refractivity contribution < 1.29 is 23.9 Å². The molecule has 0 heterocycles. The van der Waals surface area contributed by atoms with Crippen molar-refractivity contribution in [1.82, 2.24) is 0 Å². The van der Waals surface area contributed by atoms with Gasteiger partial charge in [0.05, 0.1) is 12.9 Å². The van der Waals surface area contributed by atoms with Crippen LogP contribution in [0.4, 0.5) is 11.4 Å². The van der Waals surface area contributed by atoms with E-state index in [9.17, 15) is 14.4 Å². The molecule has 0 bridgehead atoms. The molecule has 2 amide bonds. The molecule has 0 aromatic heterocycles. The van der Waals surface area contributed by atoms with Crippen LogP contribution in [-0.2, 0) is 20.9 Å². The Morgan fingerprint density at radius 3 is 2.03 bits per heavy atom. The summed E-state index contributed by atoms with van der Waals surface area (Å²) in [5.41, 5.74) is 2.66. The number of carbonyl (C=O) groups is 3. The number of anilines is 2. The van der Waals surface area contributed by atoms with Gasteiger partial charge in [0.1, 0.15) is 12.4 Å².